The van der Waals surface area contributed by atoms with Crippen molar-refractivity contribution in [1.29, 1.82) is 0 Å². The fourth-order valence-corrected chi connectivity index (χ4v) is 4.49. The number of carbonyl (C=O) groups excluding carboxylic acids is 1. The standard InChI is InChI=1S/C27H34N4O3/c1-4-19-18(17-30-27(32)23-11-8-13-28-23)9-7-10-21(19)31-22-12-14-29-24-16-26(34-6-3)25(33-5-2)15-20(22)24/h7,9-10,12,14-16,23,28H,4-6,8,11,13,17H2,1-3H3,(H,29,31)(H,30,32)/t23-/m1/s1. The van der Waals surface area contributed by atoms with E-state index in [2.05, 4.69) is 40.0 Å². The number of hydrogen-bond acceptors (Lipinski definition) is 6. The molecule has 3 N–H and O–H groups in total. The molecule has 180 valence electrons. The van der Waals surface area contributed by atoms with Gasteiger partial charge in [-0.25, -0.2) is 0 Å². The van der Waals surface area contributed by atoms with Crippen molar-refractivity contribution in [3.8, 4) is 11.5 Å². The van der Waals surface area contributed by atoms with Crippen molar-refractivity contribution in [2.75, 3.05) is 25.1 Å². The molecule has 7 heteroatoms. The number of aromatic nitrogens is 1. The largest absolute Gasteiger partial charge is 0.490 e. The molecule has 1 aliphatic heterocycles. The van der Waals surface area contributed by atoms with E-state index in [4.69, 9.17) is 9.47 Å². The molecule has 1 atom stereocenters. The van der Waals surface area contributed by atoms with E-state index in [1.54, 1.807) is 6.20 Å². The van der Waals surface area contributed by atoms with Gasteiger partial charge in [0, 0.05) is 35.6 Å². The first-order valence-corrected chi connectivity index (χ1v) is 12.2. The Labute approximate surface area is 201 Å². The van der Waals surface area contributed by atoms with E-state index in [1.807, 2.05) is 38.1 Å². The molecule has 2 aromatic carbocycles. The Bertz CT molecular complexity index is 1140. The Morgan fingerprint density at radius 3 is 2.59 bits per heavy atom. The van der Waals surface area contributed by atoms with Crippen LogP contribution in [0, 0.1) is 0 Å². The minimum absolute atomic E-state index is 0.0734. The average Bonchev–Trinajstić information content (AvgIpc) is 3.39. The zero-order chi connectivity index (χ0) is 23.9. The predicted molar refractivity (Wildman–Crippen MR) is 136 cm³/mol. The number of benzene rings is 2. The molecule has 1 amide bonds. The van der Waals surface area contributed by atoms with Crippen molar-refractivity contribution in [2.24, 2.45) is 0 Å². The summed E-state index contributed by atoms with van der Waals surface area (Å²) in [6, 6.07) is 12.0. The number of hydrogen-bond donors (Lipinski definition) is 3. The second-order valence-corrected chi connectivity index (χ2v) is 8.33. The zero-order valence-corrected chi connectivity index (χ0v) is 20.2. The monoisotopic (exact) mass is 462 g/mol. The van der Waals surface area contributed by atoms with Gasteiger partial charge >= 0.3 is 0 Å². The predicted octanol–water partition coefficient (Wildman–Crippen LogP) is 4.71. The molecule has 1 aromatic heterocycles. The third-order valence-corrected chi connectivity index (χ3v) is 6.13. The molecule has 4 rings (SSSR count). The van der Waals surface area contributed by atoms with Gasteiger partial charge < -0.3 is 25.4 Å². The van der Waals surface area contributed by atoms with Crippen LogP contribution in [0.4, 0.5) is 11.4 Å². The number of nitrogens with one attached hydrogen (secondary N) is 3. The molecule has 3 aromatic rings. The lowest BCUT2D eigenvalue weighted by Gasteiger charge is -2.18. The molecular formula is C27H34N4O3. The van der Waals surface area contributed by atoms with Gasteiger partial charge in [0.2, 0.25) is 5.91 Å². The van der Waals surface area contributed by atoms with Crippen LogP contribution >= 0.6 is 0 Å². The number of pyridine rings is 1. The fourth-order valence-electron chi connectivity index (χ4n) is 4.49. The molecule has 34 heavy (non-hydrogen) atoms. The van der Waals surface area contributed by atoms with E-state index in [9.17, 15) is 4.79 Å². The maximum Gasteiger partial charge on any atom is 0.237 e. The summed E-state index contributed by atoms with van der Waals surface area (Å²) >= 11 is 0. The molecule has 0 saturated carbocycles. The van der Waals surface area contributed by atoms with Gasteiger partial charge in [0.1, 0.15) is 0 Å². The van der Waals surface area contributed by atoms with E-state index in [-0.39, 0.29) is 11.9 Å². The summed E-state index contributed by atoms with van der Waals surface area (Å²) in [5.41, 5.74) is 5.10. The summed E-state index contributed by atoms with van der Waals surface area (Å²) < 4.78 is 11.6. The molecule has 0 aliphatic carbocycles. The zero-order valence-electron chi connectivity index (χ0n) is 20.2. The number of amides is 1. The molecule has 7 nitrogen and oxygen atoms in total. The summed E-state index contributed by atoms with van der Waals surface area (Å²) in [6.07, 6.45) is 4.59. The van der Waals surface area contributed by atoms with Crippen LogP contribution in [-0.2, 0) is 17.8 Å². The first-order chi connectivity index (χ1) is 16.6. The number of ether oxygens (including phenoxy) is 2. The summed E-state index contributed by atoms with van der Waals surface area (Å²) in [6.45, 7) is 8.59. The summed E-state index contributed by atoms with van der Waals surface area (Å²) in [5.74, 6) is 1.48. The minimum atomic E-state index is -0.0734. The smallest absolute Gasteiger partial charge is 0.237 e. The van der Waals surface area contributed by atoms with Crippen LogP contribution < -0.4 is 25.4 Å². The van der Waals surface area contributed by atoms with Gasteiger partial charge in [0.15, 0.2) is 11.5 Å². The highest BCUT2D eigenvalue weighted by atomic mass is 16.5. The number of carbonyl (C=O) groups is 1. The lowest BCUT2D eigenvalue weighted by molar-refractivity contribution is -0.122. The second-order valence-electron chi connectivity index (χ2n) is 8.33. The Balaban J connectivity index is 1.61. The molecule has 0 bridgehead atoms. The van der Waals surface area contributed by atoms with Gasteiger partial charge in [-0.05, 0) is 69.0 Å². The van der Waals surface area contributed by atoms with Gasteiger partial charge in [0.05, 0.1) is 24.8 Å². The number of nitrogens with zero attached hydrogens (tertiary/aromatic N) is 1. The van der Waals surface area contributed by atoms with Crippen LogP contribution in [0.3, 0.4) is 0 Å². The SMILES string of the molecule is CCOc1cc2nccc(Nc3cccc(CNC(=O)[C@H]4CCCN4)c3CC)c2cc1OCC. The number of fused-ring (bicyclic) bond motifs is 1. The maximum absolute atomic E-state index is 12.5. The van der Waals surface area contributed by atoms with E-state index < -0.39 is 0 Å². The summed E-state index contributed by atoms with van der Waals surface area (Å²) in [4.78, 5) is 17.0. The fraction of sp³-hybridized carbons (Fsp3) is 0.407. The van der Waals surface area contributed by atoms with Crippen LogP contribution in [0.2, 0.25) is 0 Å². The topological polar surface area (TPSA) is 84.5 Å². The lowest BCUT2D eigenvalue weighted by atomic mass is 10.0. The van der Waals surface area contributed by atoms with E-state index in [1.165, 1.54) is 5.56 Å². The van der Waals surface area contributed by atoms with E-state index in [0.717, 1.165) is 53.6 Å². The van der Waals surface area contributed by atoms with Gasteiger partial charge in [0.25, 0.3) is 0 Å². The molecule has 1 fully saturated rings. The van der Waals surface area contributed by atoms with Gasteiger partial charge in [-0.2, -0.15) is 0 Å². The Kier molecular flexibility index (Phi) is 7.85. The van der Waals surface area contributed by atoms with Crippen molar-refractivity contribution >= 4 is 28.2 Å². The molecule has 1 aliphatic rings. The molecule has 1 saturated heterocycles. The van der Waals surface area contributed by atoms with Crippen molar-refractivity contribution in [1.82, 2.24) is 15.6 Å². The Morgan fingerprint density at radius 2 is 1.88 bits per heavy atom. The maximum atomic E-state index is 12.5. The third kappa shape index (κ3) is 5.25. The highest BCUT2D eigenvalue weighted by Gasteiger charge is 2.22. The van der Waals surface area contributed by atoms with Gasteiger partial charge in [-0.3, -0.25) is 9.78 Å². The van der Waals surface area contributed by atoms with Gasteiger partial charge in [-0.15, -0.1) is 0 Å². The second kappa shape index (κ2) is 11.2. The first kappa shape index (κ1) is 23.8. The Hall–Kier alpha value is -3.32. The van der Waals surface area contributed by atoms with Gasteiger partial charge in [-0.1, -0.05) is 19.1 Å². The van der Waals surface area contributed by atoms with Crippen LogP contribution in [0.5, 0.6) is 11.5 Å². The molecule has 0 spiro atoms. The summed E-state index contributed by atoms with van der Waals surface area (Å²) in [7, 11) is 0. The lowest BCUT2D eigenvalue weighted by Crippen LogP contribution is -2.40. The molecule has 2 heterocycles. The highest BCUT2D eigenvalue weighted by Crippen LogP contribution is 2.36. The van der Waals surface area contributed by atoms with Crippen LogP contribution in [0.25, 0.3) is 10.9 Å². The van der Waals surface area contributed by atoms with Crippen molar-refractivity contribution in [3.05, 3.63) is 53.7 Å². The highest BCUT2D eigenvalue weighted by molar-refractivity contribution is 5.95. The molecular weight excluding hydrogens is 428 g/mol. The first-order valence-electron chi connectivity index (χ1n) is 12.2. The summed E-state index contributed by atoms with van der Waals surface area (Å²) in [5, 5.41) is 10.9. The molecule has 0 radical (unpaired) electrons. The van der Waals surface area contributed by atoms with Crippen LogP contribution in [-0.4, -0.2) is 36.7 Å². The Morgan fingerprint density at radius 1 is 1.09 bits per heavy atom. The minimum Gasteiger partial charge on any atom is -0.490 e. The van der Waals surface area contributed by atoms with E-state index >= 15 is 0 Å². The average molecular weight is 463 g/mol. The van der Waals surface area contributed by atoms with Crippen LogP contribution in [0.15, 0.2) is 42.6 Å². The normalized spacial score (nSPS) is 15.3. The van der Waals surface area contributed by atoms with Crippen molar-refractivity contribution in [2.45, 2.75) is 52.6 Å². The number of anilines is 2. The molecule has 0 unspecified atom stereocenters. The van der Waals surface area contributed by atoms with Crippen molar-refractivity contribution in [3.63, 3.8) is 0 Å². The van der Waals surface area contributed by atoms with Crippen molar-refractivity contribution < 1.29 is 14.3 Å². The number of rotatable bonds is 10. The van der Waals surface area contributed by atoms with E-state index in [0.29, 0.717) is 31.3 Å². The van der Waals surface area contributed by atoms with Crippen LogP contribution in [0.1, 0.15) is 44.7 Å². The third-order valence-electron chi connectivity index (χ3n) is 6.13. The quantitative estimate of drug-likeness (QED) is 0.405.